The van der Waals surface area contributed by atoms with Crippen LogP contribution in [0.3, 0.4) is 0 Å². The lowest BCUT2D eigenvalue weighted by molar-refractivity contribution is 1.07. The molecule has 78 valence electrons. The van der Waals surface area contributed by atoms with Crippen molar-refractivity contribution in [3.8, 4) is 10.4 Å². The van der Waals surface area contributed by atoms with Gasteiger partial charge in [0.2, 0.25) is 0 Å². The van der Waals surface area contributed by atoms with E-state index in [1.807, 2.05) is 11.4 Å². The largest absolute Gasteiger partial charge is 0.326 e. The lowest BCUT2D eigenvalue weighted by Crippen LogP contribution is -1.98. The van der Waals surface area contributed by atoms with Crippen molar-refractivity contribution >= 4 is 22.9 Å². The van der Waals surface area contributed by atoms with Crippen molar-refractivity contribution in [1.82, 2.24) is 0 Å². The maximum atomic E-state index is 6.13. The Balaban J connectivity index is 2.60. The van der Waals surface area contributed by atoms with Crippen LogP contribution in [0.15, 0.2) is 29.6 Å². The van der Waals surface area contributed by atoms with Crippen LogP contribution in [0.25, 0.3) is 10.4 Å². The van der Waals surface area contributed by atoms with Gasteiger partial charge in [0.15, 0.2) is 0 Å². The number of hydrogen-bond acceptors (Lipinski definition) is 2. The summed E-state index contributed by atoms with van der Waals surface area (Å²) in [5.74, 6) is 0. The van der Waals surface area contributed by atoms with Gasteiger partial charge in [-0.1, -0.05) is 35.4 Å². The van der Waals surface area contributed by atoms with Gasteiger partial charge in [-0.3, -0.25) is 0 Å². The van der Waals surface area contributed by atoms with Gasteiger partial charge in [0.1, 0.15) is 0 Å². The van der Waals surface area contributed by atoms with E-state index in [9.17, 15) is 0 Å². The predicted molar refractivity (Wildman–Crippen MR) is 67.4 cm³/mol. The summed E-state index contributed by atoms with van der Waals surface area (Å²) >= 11 is 7.78. The molecular formula is C12H12ClNS. The number of halogens is 1. The Hall–Kier alpha value is -0.830. The molecule has 1 nitrogen and oxygen atoms in total. The number of aryl methyl sites for hydroxylation is 1. The van der Waals surface area contributed by atoms with Crippen LogP contribution in [0.2, 0.25) is 5.02 Å². The molecule has 0 bridgehead atoms. The smallest absolute Gasteiger partial charge is 0.0592 e. The molecule has 0 saturated heterocycles. The first-order chi connectivity index (χ1) is 7.22. The van der Waals surface area contributed by atoms with E-state index in [2.05, 4.69) is 25.1 Å². The van der Waals surface area contributed by atoms with E-state index in [4.69, 9.17) is 17.3 Å². The molecule has 1 aromatic carbocycles. The van der Waals surface area contributed by atoms with Crippen LogP contribution in [0, 0.1) is 6.92 Å². The van der Waals surface area contributed by atoms with Crippen molar-refractivity contribution < 1.29 is 0 Å². The Morgan fingerprint density at radius 3 is 2.73 bits per heavy atom. The molecule has 3 heteroatoms. The molecule has 1 aromatic heterocycles. The van der Waals surface area contributed by atoms with E-state index in [0.717, 1.165) is 21.0 Å². The molecule has 2 rings (SSSR count). The summed E-state index contributed by atoms with van der Waals surface area (Å²) in [6.45, 7) is 2.62. The summed E-state index contributed by atoms with van der Waals surface area (Å²) in [6.07, 6.45) is 0. The number of hydrogen-bond donors (Lipinski definition) is 1. The van der Waals surface area contributed by atoms with E-state index >= 15 is 0 Å². The van der Waals surface area contributed by atoms with E-state index < -0.39 is 0 Å². The third-order valence-corrected chi connectivity index (χ3v) is 3.72. The molecule has 15 heavy (non-hydrogen) atoms. The topological polar surface area (TPSA) is 26.0 Å². The monoisotopic (exact) mass is 237 g/mol. The van der Waals surface area contributed by atoms with Gasteiger partial charge in [0.05, 0.1) is 9.90 Å². The fraction of sp³-hybridized carbons (Fsp3) is 0.167. The minimum Gasteiger partial charge on any atom is -0.326 e. The Morgan fingerprint density at radius 1 is 1.33 bits per heavy atom. The first-order valence-corrected chi connectivity index (χ1v) is 6.01. The molecule has 0 amide bonds. The van der Waals surface area contributed by atoms with Crippen LogP contribution in [0.5, 0.6) is 0 Å². The zero-order valence-corrected chi connectivity index (χ0v) is 10.0. The quantitative estimate of drug-likeness (QED) is 0.844. The van der Waals surface area contributed by atoms with Gasteiger partial charge in [-0.15, -0.1) is 11.3 Å². The summed E-state index contributed by atoms with van der Waals surface area (Å²) in [6, 6.07) is 8.21. The highest BCUT2D eigenvalue weighted by molar-refractivity contribution is 7.14. The Bertz CT molecular complexity index is 476. The lowest BCUT2D eigenvalue weighted by Gasteiger charge is -2.07. The average molecular weight is 238 g/mol. The molecule has 0 aliphatic rings. The first-order valence-electron chi connectivity index (χ1n) is 4.75. The maximum absolute atomic E-state index is 6.13. The molecule has 0 unspecified atom stereocenters. The molecule has 0 aliphatic heterocycles. The van der Waals surface area contributed by atoms with Crippen molar-refractivity contribution in [1.29, 1.82) is 0 Å². The predicted octanol–water partition coefficient (Wildman–Crippen LogP) is 3.84. The van der Waals surface area contributed by atoms with Gasteiger partial charge >= 0.3 is 0 Å². The summed E-state index contributed by atoms with van der Waals surface area (Å²) in [7, 11) is 0. The summed E-state index contributed by atoms with van der Waals surface area (Å²) < 4.78 is 0. The Morgan fingerprint density at radius 2 is 2.13 bits per heavy atom. The van der Waals surface area contributed by atoms with Crippen LogP contribution in [-0.4, -0.2) is 0 Å². The number of rotatable bonds is 2. The highest BCUT2D eigenvalue weighted by atomic mass is 35.5. The average Bonchev–Trinajstić information content (AvgIpc) is 2.64. The van der Waals surface area contributed by atoms with E-state index in [1.54, 1.807) is 11.3 Å². The highest BCUT2D eigenvalue weighted by Crippen LogP contribution is 2.35. The number of thiophene rings is 1. The minimum absolute atomic E-state index is 0.545. The lowest BCUT2D eigenvalue weighted by atomic mass is 10.0. The second-order valence-electron chi connectivity index (χ2n) is 3.46. The maximum Gasteiger partial charge on any atom is 0.0592 e. The molecule has 2 N–H and O–H groups in total. The van der Waals surface area contributed by atoms with Gasteiger partial charge in [-0.25, -0.2) is 0 Å². The zero-order valence-electron chi connectivity index (χ0n) is 8.46. The van der Waals surface area contributed by atoms with Gasteiger partial charge in [0, 0.05) is 6.54 Å². The standard InChI is InChI=1S/C12H12ClNS/c1-8-2-3-9(7-14)10(6-8)12-11(13)4-5-15-12/h2-6H,7,14H2,1H3. The molecule has 0 aliphatic carbocycles. The molecule has 1 heterocycles. The molecule has 0 atom stereocenters. The third kappa shape index (κ3) is 2.07. The van der Waals surface area contributed by atoms with E-state index in [1.165, 1.54) is 5.56 Å². The first kappa shape index (κ1) is 10.7. The summed E-state index contributed by atoms with van der Waals surface area (Å²) in [4.78, 5) is 1.11. The van der Waals surface area contributed by atoms with Gasteiger partial charge in [0.25, 0.3) is 0 Å². The summed E-state index contributed by atoms with van der Waals surface area (Å²) in [5, 5.41) is 2.81. The van der Waals surface area contributed by atoms with Crippen molar-refractivity contribution in [3.05, 3.63) is 45.8 Å². The normalized spacial score (nSPS) is 10.6. The second kappa shape index (κ2) is 4.35. The van der Waals surface area contributed by atoms with Crippen LogP contribution < -0.4 is 5.73 Å². The highest BCUT2D eigenvalue weighted by Gasteiger charge is 2.09. The molecule has 2 aromatic rings. The van der Waals surface area contributed by atoms with Crippen LogP contribution in [0.4, 0.5) is 0 Å². The zero-order chi connectivity index (χ0) is 10.8. The third-order valence-electron chi connectivity index (χ3n) is 2.35. The Labute approximate surface area is 98.5 Å². The van der Waals surface area contributed by atoms with E-state index in [-0.39, 0.29) is 0 Å². The number of benzene rings is 1. The Kier molecular flexibility index (Phi) is 3.10. The van der Waals surface area contributed by atoms with Crippen molar-refractivity contribution in [2.75, 3.05) is 0 Å². The molecule has 0 saturated carbocycles. The summed E-state index contributed by atoms with van der Waals surface area (Å²) in [5.41, 5.74) is 9.25. The van der Waals surface area contributed by atoms with Crippen LogP contribution >= 0.6 is 22.9 Å². The van der Waals surface area contributed by atoms with E-state index in [0.29, 0.717) is 6.54 Å². The van der Waals surface area contributed by atoms with Crippen molar-refractivity contribution in [2.24, 2.45) is 5.73 Å². The van der Waals surface area contributed by atoms with Crippen LogP contribution in [-0.2, 0) is 6.54 Å². The molecule has 0 spiro atoms. The second-order valence-corrected chi connectivity index (χ2v) is 4.79. The van der Waals surface area contributed by atoms with Crippen molar-refractivity contribution in [2.45, 2.75) is 13.5 Å². The fourth-order valence-corrected chi connectivity index (χ4v) is 2.78. The van der Waals surface area contributed by atoms with Gasteiger partial charge in [-0.2, -0.15) is 0 Å². The van der Waals surface area contributed by atoms with Crippen molar-refractivity contribution in [3.63, 3.8) is 0 Å². The van der Waals surface area contributed by atoms with Crippen LogP contribution in [0.1, 0.15) is 11.1 Å². The minimum atomic E-state index is 0.545. The van der Waals surface area contributed by atoms with Gasteiger partial charge in [-0.05, 0) is 29.5 Å². The number of nitrogens with two attached hydrogens (primary N) is 1. The van der Waals surface area contributed by atoms with Gasteiger partial charge < -0.3 is 5.73 Å². The molecule has 0 fully saturated rings. The molecular weight excluding hydrogens is 226 g/mol. The fourth-order valence-electron chi connectivity index (χ4n) is 1.57. The molecule has 0 radical (unpaired) electrons. The SMILES string of the molecule is Cc1ccc(CN)c(-c2sccc2Cl)c1.